The fourth-order valence-electron chi connectivity index (χ4n) is 2.75. The van der Waals surface area contributed by atoms with E-state index in [1.165, 1.54) is 12.8 Å². The molecular weight excluding hydrogens is 260 g/mol. The summed E-state index contributed by atoms with van der Waals surface area (Å²) in [6.07, 6.45) is 8.41. The zero-order valence-electron chi connectivity index (χ0n) is 11.4. The van der Waals surface area contributed by atoms with Gasteiger partial charge in [-0.05, 0) is 25.7 Å². The molecule has 0 aromatic rings. The van der Waals surface area contributed by atoms with Crippen LogP contribution >= 0.6 is 0 Å². The van der Waals surface area contributed by atoms with E-state index in [0.29, 0.717) is 12.8 Å². The van der Waals surface area contributed by atoms with Gasteiger partial charge in [-0.1, -0.05) is 69.3 Å². The van der Waals surface area contributed by atoms with E-state index in [-0.39, 0.29) is 12.8 Å². The summed E-state index contributed by atoms with van der Waals surface area (Å²) in [6.45, 7) is 0. The molecule has 0 N–H and O–H groups in total. The minimum Gasteiger partial charge on any atom is -0.0993 e. The quantitative estimate of drug-likeness (QED) is 0.374. The van der Waals surface area contributed by atoms with E-state index in [4.69, 9.17) is 0 Å². The number of nitrogens with zero attached hydrogens (tertiary/aromatic N) is 2. The first-order valence-corrected chi connectivity index (χ1v) is 7.33. The molecule has 1 aliphatic rings. The Kier molecular flexibility index (Phi) is 7.68. The summed E-state index contributed by atoms with van der Waals surface area (Å²) in [4.78, 5) is 0. The van der Waals surface area contributed by atoms with Crippen molar-refractivity contribution in [2.24, 2.45) is 0 Å². The van der Waals surface area contributed by atoms with Crippen molar-refractivity contribution < 1.29 is 17.9 Å². The van der Waals surface area contributed by atoms with Crippen LogP contribution in [0.3, 0.4) is 0 Å². The average molecular weight is 284 g/mol. The van der Waals surface area contributed by atoms with E-state index in [0.717, 1.165) is 38.5 Å². The maximum absolute atomic E-state index is 12.9. The zero-order chi connectivity index (χ0) is 14.1. The molecule has 0 amide bonds. The molecule has 1 aliphatic carbocycles. The van der Waals surface area contributed by atoms with Crippen molar-refractivity contribution in [3.63, 3.8) is 0 Å². The zero-order valence-corrected chi connectivity index (χ0v) is 11.4. The molecule has 19 heavy (non-hydrogen) atoms. The summed E-state index contributed by atoms with van der Waals surface area (Å²) in [5.41, 5.74) is -2.38. The molecule has 0 heterocycles. The van der Waals surface area contributed by atoms with E-state index >= 15 is 0 Å². The number of rotatable bonds is 2. The smallest absolute Gasteiger partial charge is 0.0993 e. The van der Waals surface area contributed by atoms with E-state index < -0.39 is 16.4 Å². The van der Waals surface area contributed by atoms with Gasteiger partial charge in [-0.15, -0.1) is 0 Å². The highest BCUT2D eigenvalue weighted by atomic mass is 19.4. The lowest BCUT2D eigenvalue weighted by Crippen LogP contribution is -2.48. The minimum absolute atomic E-state index is 0.174. The fourth-order valence-corrected chi connectivity index (χ4v) is 2.75. The van der Waals surface area contributed by atoms with Crippen LogP contribution in [0.4, 0.5) is 17.9 Å². The highest BCUT2D eigenvalue weighted by molar-refractivity contribution is 4.78. The Morgan fingerprint density at radius 3 is 1.00 bits per heavy atom. The van der Waals surface area contributed by atoms with Crippen LogP contribution in [-0.4, -0.2) is 16.4 Å². The lowest BCUT2D eigenvalue weighted by atomic mass is 9.96. The van der Waals surface area contributed by atoms with Crippen molar-refractivity contribution in [1.29, 1.82) is 0 Å². The first-order chi connectivity index (χ1) is 9.09. The van der Waals surface area contributed by atoms with Gasteiger partial charge in [0.1, 0.15) is 0 Å². The molecule has 0 radical (unpaired) electrons. The fraction of sp³-hybridized carbons (Fsp3) is 1.00. The predicted molar refractivity (Wildman–Crippen MR) is 66.2 cm³/mol. The third-order valence-corrected chi connectivity index (χ3v) is 4.03. The Balaban J connectivity index is 2.62. The van der Waals surface area contributed by atoms with Crippen LogP contribution in [0.5, 0.6) is 0 Å². The third kappa shape index (κ3) is 5.26. The second-order valence-electron chi connectivity index (χ2n) is 5.48. The standard InChI is InChI=1S/C13H24F4N2/c14-18(15)13(19(16)17)11-9-7-5-3-1-2-4-6-8-10-12-13/h1-12H2. The average Bonchev–Trinajstić information content (AvgIpc) is 2.38. The normalized spacial score (nSPS) is 23.7. The van der Waals surface area contributed by atoms with E-state index in [1.807, 2.05) is 0 Å². The topological polar surface area (TPSA) is 6.48 Å². The van der Waals surface area contributed by atoms with Gasteiger partial charge in [0.05, 0.1) is 0 Å². The Hall–Kier alpha value is -0.360. The molecule has 0 unspecified atom stereocenters. The second-order valence-corrected chi connectivity index (χ2v) is 5.48. The first-order valence-electron chi connectivity index (χ1n) is 7.33. The van der Waals surface area contributed by atoms with Gasteiger partial charge < -0.3 is 0 Å². The van der Waals surface area contributed by atoms with Crippen LogP contribution in [0, 0.1) is 0 Å². The molecular formula is C13H24F4N2. The highest BCUT2D eigenvalue weighted by Gasteiger charge is 2.46. The van der Waals surface area contributed by atoms with Crippen LogP contribution in [0.25, 0.3) is 0 Å². The lowest BCUT2D eigenvalue weighted by molar-refractivity contribution is -0.376. The van der Waals surface area contributed by atoms with Crippen molar-refractivity contribution in [2.45, 2.75) is 82.7 Å². The van der Waals surface area contributed by atoms with Gasteiger partial charge in [0, 0.05) is 10.7 Å². The lowest BCUT2D eigenvalue weighted by Gasteiger charge is -2.32. The molecule has 0 saturated heterocycles. The summed E-state index contributed by atoms with van der Waals surface area (Å²) in [5, 5.41) is -2.57. The predicted octanol–water partition coefficient (Wildman–Crippen LogP) is 5.52. The number of hydrogen-bond donors (Lipinski definition) is 0. The maximum Gasteiger partial charge on any atom is 0.196 e. The summed E-state index contributed by atoms with van der Waals surface area (Å²) < 4.78 is 51.8. The maximum atomic E-state index is 12.9. The Morgan fingerprint density at radius 1 is 0.474 bits per heavy atom. The molecule has 114 valence electrons. The van der Waals surface area contributed by atoms with Crippen LogP contribution < -0.4 is 0 Å². The summed E-state index contributed by atoms with van der Waals surface area (Å²) in [6, 6.07) is 0. The van der Waals surface area contributed by atoms with Crippen molar-refractivity contribution >= 4 is 0 Å². The molecule has 2 nitrogen and oxygen atoms in total. The number of hydrogen-bond acceptors (Lipinski definition) is 2. The minimum atomic E-state index is -2.38. The molecule has 1 saturated carbocycles. The molecule has 0 atom stereocenters. The van der Waals surface area contributed by atoms with Crippen LogP contribution in [0.2, 0.25) is 0 Å². The SMILES string of the molecule is FN(F)C1(N(F)F)CCCCCCCCCCCC1. The van der Waals surface area contributed by atoms with Crippen molar-refractivity contribution in [2.75, 3.05) is 0 Å². The number of halogens is 4. The van der Waals surface area contributed by atoms with Crippen LogP contribution in [-0.2, 0) is 0 Å². The molecule has 1 rings (SSSR count). The largest absolute Gasteiger partial charge is 0.196 e. The van der Waals surface area contributed by atoms with Crippen molar-refractivity contribution in [3.05, 3.63) is 0 Å². The van der Waals surface area contributed by atoms with E-state index in [2.05, 4.69) is 0 Å². The van der Waals surface area contributed by atoms with E-state index in [1.54, 1.807) is 0 Å². The second kappa shape index (κ2) is 8.74. The summed E-state index contributed by atoms with van der Waals surface area (Å²) >= 11 is 0. The molecule has 1 fully saturated rings. The highest BCUT2D eigenvalue weighted by Crippen LogP contribution is 2.35. The van der Waals surface area contributed by atoms with Gasteiger partial charge in [0.2, 0.25) is 0 Å². The Labute approximate surface area is 112 Å². The Morgan fingerprint density at radius 2 is 0.737 bits per heavy atom. The molecule has 0 aromatic heterocycles. The van der Waals surface area contributed by atoms with Gasteiger partial charge in [-0.2, -0.15) is 0 Å². The molecule has 6 heteroatoms. The van der Waals surface area contributed by atoms with E-state index in [9.17, 15) is 17.9 Å². The van der Waals surface area contributed by atoms with Crippen molar-refractivity contribution in [3.8, 4) is 0 Å². The van der Waals surface area contributed by atoms with Gasteiger partial charge in [0.25, 0.3) is 0 Å². The van der Waals surface area contributed by atoms with Gasteiger partial charge in [0.15, 0.2) is 5.66 Å². The third-order valence-electron chi connectivity index (χ3n) is 4.03. The first kappa shape index (κ1) is 16.7. The van der Waals surface area contributed by atoms with Crippen LogP contribution in [0.1, 0.15) is 77.0 Å². The van der Waals surface area contributed by atoms with Gasteiger partial charge in [-0.3, -0.25) is 0 Å². The molecule has 0 bridgehead atoms. The summed E-state index contributed by atoms with van der Waals surface area (Å²) in [5.74, 6) is 0. The molecule has 0 spiro atoms. The van der Waals surface area contributed by atoms with Crippen molar-refractivity contribution in [1.82, 2.24) is 10.7 Å². The van der Waals surface area contributed by atoms with Gasteiger partial charge in [-0.25, -0.2) is 0 Å². The Bertz CT molecular complexity index is 213. The monoisotopic (exact) mass is 284 g/mol. The summed E-state index contributed by atoms with van der Waals surface area (Å²) in [7, 11) is 0. The van der Waals surface area contributed by atoms with Crippen LogP contribution in [0.15, 0.2) is 0 Å². The molecule has 0 aliphatic heterocycles. The molecule has 0 aromatic carbocycles. The van der Waals surface area contributed by atoms with Gasteiger partial charge >= 0.3 is 0 Å².